The van der Waals surface area contributed by atoms with Crippen LogP contribution in [0.5, 0.6) is 0 Å². The first kappa shape index (κ1) is 16.7. The largest absolute Gasteiger partial charge is 0.316 e. The molecule has 1 aliphatic heterocycles. The Labute approximate surface area is 125 Å². The van der Waals surface area contributed by atoms with Crippen molar-refractivity contribution in [2.24, 2.45) is 0 Å². The van der Waals surface area contributed by atoms with Crippen LogP contribution in [0.3, 0.4) is 0 Å². The highest BCUT2D eigenvalue weighted by Gasteiger charge is 2.32. The molecule has 4 nitrogen and oxygen atoms in total. The first-order chi connectivity index (χ1) is 8.45. The number of aryl methyl sites for hydroxylation is 1. The van der Waals surface area contributed by atoms with Crippen molar-refractivity contribution < 1.29 is 8.42 Å². The molecule has 1 aromatic carbocycles. The van der Waals surface area contributed by atoms with E-state index in [1.165, 1.54) is 4.31 Å². The van der Waals surface area contributed by atoms with Crippen LogP contribution in [-0.4, -0.2) is 38.9 Å². The van der Waals surface area contributed by atoms with Crippen molar-refractivity contribution in [2.45, 2.75) is 24.3 Å². The fourth-order valence-electron chi connectivity index (χ4n) is 2.22. The molecular weight excluding hydrogens is 307 g/mol. The van der Waals surface area contributed by atoms with Gasteiger partial charge < -0.3 is 5.32 Å². The van der Waals surface area contributed by atoms with Gasteiger partial charge in [-0.25, -0.2) is 8.42 Å². The highest BCUT2D eigenvalue weighted by Crippen LogP contribution is 2.25. The van der Waals surface area contributed by atoms with Crippen LogP contribution in [0.15, 0.2) is 23.1 Å². The second kappa shape index (κ2) is 6.41. The van der Waals surface area contributed by atoms with E-state index in [0.29, 0.717) is 28.6 Å². The van der Waals surface area contributed by atoms with E-state index in [0.717, 1.165) is 6.42 Å². The summed E-state index contributed by atoms with van der Waals surface area (Å²) < 4.78 is 26.5. The highest BCUT2D eigenvalue weighted by molar-refractivity contribution is 7.89. The zero-order valence-corrected chi connectivity index (χ0v) is 13.3. The van der Waals surface area contributed by atoms with Gasteiger partial charge in [0.15, 0.2) is 0 Å². The molecule has 1 unspecified atom stereocenters. The SMILES string of the molecule is CNC1CCN(S(=O)(=O)c2ccc(Cl)cc2C)C1.Cl. The summed E-state index contributed by atoms with van der Waals surface area (Å²) in [7, 11) is -1.54. The number of halogens is 2. The monoisotopic (exact) mass is 324 g/mol. The van der Waals surface area contributed by atoms with Gasteiger partial charge in [0.1, 0.15) is 0 Å². The van der Waals surface area contributed by atoms with Crippen molar-refractivity contribution in [3.8, 4) is 0 Å². The molecule has 1 saturated heterocycles. The van der Waals surface area contributed by atoms with Crippen molar-refractivity contribution in [1.82, 2.24) is 9.62 Å². The maximum atomic E-state index is 12.5. The summed E-state index contributed by atoms with van der Waals surface area (Å²) in [5.41, 5.74) is 0.690. The van der Waals surface area contributed by atoms with E-state index in [-0.39, 0.29) is 18.4 Å². The van der Waals surface area contributed by atoms with Crippen molar-refractivity contribution in [1.29, 1.82) is 0 Å². The number of rotatable bonds is 3. The molecular formula is C12H18Cl2N2O2S. The predicted molar refractivity (Wildman–Crippen MR) is 79.7 cm³/mol. The minimum atomic E-state index is -3.39. The lowest BCUT2D eigenvalue weighted by atomic mass is 10.2. The molecule has 7 heteroatoms. The number of nitrogens with one attached hydrogen (secondary N) is 1. The summed E-state index contributed by atoms with van der Waals surface area (Å²) in [5.74, 6) is 0. The van der Waals surface area contributed by atoms with Crippen LogP contribution in [-0.2, 0) is 10.0 Å². The molecule has 0 bridgehead atoms. The van der Waals surface area contributed by atoms with E-state index in [4.69, 9.17) is 11.6 Å². The molecule has 0 radical (unpaired) electrons. The average molecular weight is 325 g/mol. The second-order valence-corrected chi connectivity index (χ2v) is 6.89. The molecule has 0 amide bonds. The van der Waals surface area contributed by atoms with Crippen LogP contribution >= 0.6 is 24.0 Å². The third-order valence-electron chi connectivity index (χ3n) is 3.31. The Bertz CT molecular complexity index is 549. The standard InChI is InChI=1S/C12H17ClN2O2S.ClH/c1-9-7-10(13)3-4-12(9)18(16,17)15-6-5-11(8-15)14-2;/h3-4,7,11,14H,5-6,8H2,1-2H3;1H. The lowest BCUT2D eigenvalue weighted by Crippen LogP contribution is -2.33. The summed E-state index contributed by atoms with van der Waals surface area (Å²) in [4.78, 5) is 0.351. The van der Waals surface area contributed by atoms with Gasteiger partial charge in [0.05, 0.1) is 4.90 Å². The fraction of sp³-hybridized carbons (Fsp3) is 0.500. The van der Waals surface area contributed by atoms with Gasteiger partial charge >= 0.3 is 0 Å². The van der Waals surface area contributed by atoms with Crippen LogP contribution in [0.1, 0.15) is 12.0 Å². The smallest absolute Gasteiger partial charge is 0.243 e. The topological polar surface area (TPSA) is 49.4 Å². The van der Waals surface area contributed by atoms with E-state index >= 15 is 0 Å². The van der Waals surface area contributed by atoms with Crippen molar-refractivity contribution in [3.05, 3.63) is 28.8 Å². The van der Waals surface area contributed by atoms with Crippen LogP contribution in [0, 0.1) is 6.92 Å². The molecule has 1 aliphatic rings. The first-order valence-electron chi connectivity index (χ1n) is 5.88. The van der Waals surface area contributed by atoms with Gasteiger partial charge in [-0.1, -0.05) is 11.6 Å². The number of hydrogen-bond donors (Lipinski definition) is 1. The number of hydrogen-bond acceptors (Lipinski definition) is 3. The van der Waals surface area contributed by atoms with Gasteiger partial charge in [0.25, 0.3) is 0 Å². The van der Waals surface area contributed by atoms with E-state index in [9.17, 15) is 8.42 Å². The van der Waals surface area contributed by atoms with E-state index in [1.54, 1.807) is 25.1 Å². The maximum absolute atomic E-state index is 12.5. The Morgan fingerprint density at radius 3 is 2.63 bits per heavy atom. The molecule has 1 N–H and O–H groups in total. The number of nitrogens with zero attached hydrogens (tertiary/aromatic N) is 1. The summed E-state index contributed by atoms with van der Waals surface area (Å²) >= 11 is 5.85. The Balaban J connectivity index is 0.00000180. The average Bonchev–Trinajstić information content (AvgIpc) is 2.77. The molecule has 0 spiro atoms. The summed E-state index contributed by atoms with van der Waals surface area (Å²) in [5, 5.41) is 3.67. The Kier molecular flexibility index (Phi) is 5.65. The highest BCUT2D eigenvalue weighted by atomic mass is 35.5. The van der Waals surface area contributed by atoms with Crippen molar-refractivity contribution in [3.63, 3.8) is 0 Å². The van der Waals surface area contributed by atoms with Gasteiger partial charge in [0.2, 0.25) is 10.0 Å². The Morgan fingerprint density at radius 2 is 2.11 bits per heavy atom. The first-order valence-corrected chi connectivity index (χ1v) is 7.70. The zero-order chi connectivity index (χ0) is 13.3. The summed E-state index contributed by atoms with van der Waals surface area (Å²) in [6.07, 6.45) is 0.850. The number of benzene rings is 1. The van der Waals surface area contributed by atoms with Crippen LogP contribution < -0.4 is 5.32 Å². The van der Waals surface area contributed by atoms with Gasteiger partial charge in [-0.15, -0.1) is 12.4 Å². The summed E-state index contributed by atoms with van der Waals surface area (Å²) in [6, 6.07) is 5.12. The normalized spacial score (nSPS) is 20.3. The molecule has 2 rings (SSSR count). The van der Waals surface area contributed by atoms with E-state index in [2.05, 4.69) is 5.32 Å². The molecule has 108 valence electrons. The molecule has 0 saturated carbocycles. The van der Waals surface area contributed by atoms with Gasteiger partial charge in [-0.05, 0) is 44.2 Å². The number of sulfonamides is 1. The van der Waals surface area contributed by atoms with Crippen molar-refractivity contribution in [2.75, 3.05) is 20.1 Å². The van der Waals surface area contributed by atoms with Gasteiger partial charge in [-0.3, -0.25) is 0 Å². The van der Waals surface area contributed by atoms with Crippen LogP contribution in [0.25, 0.3) is 0 Å². The Morgan fingerprint density at radius 1 is 1.42 bits per heavy atom. The zero-order valence-electron chi connectivity index (χ0n) is 10.9. The molecule has 1 aromatic rings. The summed E-state index contributed by atoms with van der Waals surface area (Å²) in [6.45, 7) is 2.86. The quantitative estimate of drug-likeness (QED) is 0.925. The molecule has 1 atom stereocenters. The minimum Gasteiger partial charge on any atom is -0.316 e. The second-order valence-electron chi connectivity index (χ2n) is 4.55. The van der Waals surface area contributed by atoms with Crippen LogP contribution in [0.4, 0.5) is 0 Å². The molecule has 1 fully saturated rings. The van der Waals surface area contributed by atoms with Crippen LogP contribution in [0.2, 0.25) is 5.02 Å². The maximum Gasteiger partial charge on any atom is 0.243 e. The van der Waals surface area contributed by atoms with E-state index in [1.807, 2.05) is 7.05 Å². The minimum absolute atomic E-state index is 0. The predicted octanol–water partition coefficient (Wildman–Crippen LogP) is 2.05. The lowest BCUT2D eigenvalue weighted by Gasteiger charge is -2.18. The fourth-order valence-corrected chi connectivity index (χ4v) is 4.16. The van der Waals surface area contributed by atoms with Gasteiger partial charge in [0, 0.05) is 24.2 Å². The Hall–Kier alpha value is -0.330. The molecule has 0 aliphatic carbocycles. The van der Waals surface area contributed by atoms with Gasteiger partial charge in [-0.2, -0.15) is 4.31 Å². The molecule has 19 heavy (non-hydrogen) atoms. The van der Waals surface area contributed by atoms with Crippen molar-refractivity contribution >= 4 is 34.0 Å². The lowest BCUT2D eigenvalue weighted by molar-refractivity contribution is 0.464. The third-order valence-corrected chi connectivity index (χ3v) is 5.57. The molecule has 1 heterocycles. The third kappa shape index (κ3) is 3.41. The van der Waals surface area contributed by atoms with E-state index < -0.39 is 10.0 Å². The molecule has 0 aromatic heterocycles. The number of likely N-dealkylation sites (N-methyl/N-ethyl adjacent to an activating group) is 1.